The van der Waals surface area contributed by atoms with Crippen LogP contribution in [-0.4, -0.2) is 25.0 Å². The minimum atomic E-state index is -5.52. The fourth-order valence-corrected chi connectivity index (χ4v) is 4.98. The number of rotatable bonds is 9. The van der Waals surface area contributed by atoms with Crippen LogP contribution in [0.25, 0.3) is 6.08 Å². The van der Waals surface area contributed by atoms with Crippen LogP contribution in [0.15, 0.2) is 82.7 Å². The summed E-state index contributed by atoms with van der Waals surface area (Å²) in [6, 6.07) is 20.6. The molecule has 1 unspecified atom stereocenters. The number of anilines is 1. The molecule has 1 aliphatic rings. The number of halogens is 3. The van der Waals surface area contributed by atoms with Gasteiger partial charge in [-0.15, -0.1) is 0 Å². The molecule has 210 valence electrons. The second-order valence-corrected chi connectivity index (χ2v) is 11.7. The third kappa shape index (κ3) is 7.45. The number of amidine groups is 1. The number of nitrogens with one attached hydrogen (secondary N) is 2. The van der Waals surface area contributed by atoms with Gasteiger partial charge in [0.25, 0.3) is 5.91 Å². The summed E-state index contributed by atoms with van der Waals surface area (Å²) in [5.74, 6) is 0.866. The minimum absolute atomic E-state index is 0.267. The lowest BCUT2D eigenvalue weighted by atomic mass is 9.98. The number of sulfonamides is 1. The molecule has 1 fully saturated rings. The molecule has 0 aromatic heterocycles. The second-order valence-electron chi connectivity index (χ2n) is 8.99. The Kier molecular flexibility index (Phi) is 8.89. The molecule has 1 amide bonds. The Morgan fingerprint density at radius 2 is 1.68 bits per heavy atom. The van der Waals surface area contributed by atoms with E-state index in [2.05, 4.69) is 48.4 Å². The quantitative estimate of drug-likeness (QED) is 0.264. The van der Waals surface area contributed by atoms with Crippen molar-refractivity contribution in [1.82, 2.24) is 5.32 Å². The van der Waals surface area contributed by atoms with E-state index in [0.717, 1.165) is 41.4 Å². The van der Waals surface area contributed by atoms with Gasteiger partial charge in [0.15, 0.2) is 5.17 Å². The van der Waals surface area contributed by atoms with Gasteiger partial charge in [0.2, 0.25) is 0 Å². The number of aliphatic imine (C=N–C) groups is 1. The SMILES string of the molecule is CCC(C)c1ccc(COc2ccc(/C=C3/SC(=Nc4ccc(NS(=O)(=O)C(F)(F)F)cc4)NC3=O)cc2)cc1. The average Bonchev–Trinajstić information content (AvgIpc) is 3.26. The van der Waals surface area contributed by atoms with Gasteiger partial charge in [-0.2, -0.15) is 21.6 Å². The molecular weight excluding hydrogens is 563 g/mol. The molecular formula is C28H26F3N3O4S2. The number of carbonyl (C=O) groups excluding carboxylic acids is 1. The zero-order valence-corrected chi connectivity index (χ0v) is 23.2. The van der Waals surface area contributed by atoms with Crippen molar-refractivity contribution in [1.29, 1.82) is 0 Å². The topological polar surface area (TPSA) is 96.9 Å². The van der Waals surface area contributed by atoms with E-state index >= 15 is 0 Å². The zero-order chi connectivity index (χ0) is 28.9. The first kappa shape index (κ1) is 29.2. The van der Waals surface area contributed by atoms with Gasteiger partial charge in [-0.1, -0.05) is 50.2 Å². The molecule has 0 bridgehead atoms. The highest BCUT2D eigenvalue weighted by Gasteiger charge is 2.46. The summed E-state index contributed by atoms with van der Waals surface area (Å²) in [5.41, 5.74) is -2.22. The maximum atomic E-state index is 12.5. The molecule has 1 heterocycles. The van der Waals surface area contributed by atoms with E-state index in [0.29, 0.717) is 28.9 Å². The summed E-state index contributed by atoms with van der Waals surface area (Å²) in [6.45, 7) is 4.80. The van der Waals surface area contributed by atoms with Crippen molar-refractivity contribution in [2.24, 2.45) is 4.99 Å². The lowest BCUT2D eigenvalue weighted by Gasteiger charge is -2.10. The second kappa shape index (κ2) is 12.2. The zero-order valence-electron chi connectivity index (χ0n) is 21.5. The molecule has 4 rings (SSSR count). The molecule has 12 heteroatoms. The van der Waals surface area contributed by atoms with Gasteiger partial charge in [0.1, 0.15) is 12.4 Å². The predicted octanol–water partition coefficient (Wildman–Crippen LogP) is 6.93. The van der Waals surface area contributed by atoms with Crippen LogP contribution in [0.4, 0.5) is 24.5 Å². The fraction of sp³-hybridized carbons (Fsp3) is 0.214. The van der Waals surface area contributed by atoms with Crippen molar-refractivity contribution in [2.75, 3.05) is 4.72 Å². The number of hydrogen-bond donors (Lipinski definition) is 2. The maximum absolute atomic E-state index is 12.5. The first-order chi connectivity index (χ1) is 18.9. The van der Waals surface area contributed by atoms with Crippen LogP contribution in [0.3, 0.4) is 0 Å². The number of thioether (sulfide) groups is 1. The number of carbonyl (C=O) groups is 1. The van der Waals surface area contributed by atoms with Crippen LogP contribution in [0.5, 0.6) is 5.75 Å². The molecule has 2 N–H and O–H groups in total. The third-order valence-corrected chi connectivity index (χ3v) is 8.07. The highest BCUT2D eigenvalue weighted by Crippen LogP contribution is 2.30. The molecule has 0 saturated carbocycles. The van der Waals surface area contributed by atoms with Gasteiger partial charge in [0.05, 0.1) is 10.6 Å². The third-order valence-electron chi connectivity index (χ3n) is 6.05. The Balaban J connectivity index is 1.34. The van der Waals surface area contributed by atoms with Crippen molar-refractivity contribution < 1.29 is 31.1 Å². The molecule has 1 saturated heterocycles. The fourth-order valence-electron chi connectivity index (χ4n) is 3.57. The summed E-state index contributed by atoms with van der Waals surface area (Å²) in [7, 11) is -5.52. The largest absolute Gasteiger partial charge is 0.516 e. The maximum Gasteiger partial charge on any atom is 0.516 e. The molecule has 3 aromatic rings. The molecule has 0 radical (unpaired) electrons. The number of hydrogen-bond acceptors (Lipinski definition) is 6. The molecule has 1 aliphatic heterocycles. The van der Waals surface area contributed by atoms with Gasteiger partial charge in [0, 0.05) is 5.69 Å². The molecule has 0 aliphatic carbocycles. The van der Waals surface area contributed by atoms with E-state index in [1.54, 1.807) is 6.08 Å². The van der Waals surface area contributed by atoms with Crippen molar-refractivity contribution in [3.63, 3.8) is 0 Å². The Hall–Kier alpha value is -3.77. The Labute approximate surface area is 234 Å². The summed E-state index contributed by atoms with van der Waals surface area (Å²) in [4.78, 5) is 17.1. The van der Waals surface area contributed by atoms with Crippen molar-refractivity contribution in [2.45, 2.75) is 38.3 Å². The van der Waals surface area contributed by atoms with Crippen molar-refractivity contribution in [3.8, 4) is 5.75 Å². The van der Waals surface area contributed by atoms with E-state index in [1.165, 1.54) is 22.4 Å². The standard InChI is InChI=1S/C28H26F3N3O4S2/c1-3-18(2)21-8-4-20(5-9-21)17-38-24-14-6-19(7-15-24)16-25-26(35)33-27(39-25)32-22-10-12-23(13-11-22)34-40(36,37)28(29,30)31/h4-16,18,34H,3,17H2,1-2H3,(H,32,33,35)/b25-16+. The Morgan fingerprint density at radius 3 is 2.27 bits per heavy atom. The van der Waals surface area contributed by atoms with Gasteiger partial charge >= 0.3 is 15.5 Å². The molecule has 0 spiro atoms. The summed E-state index contributed by atoms with van der Waals surface area (Å²) in [6.07, 6.45) is 2.79. The van der Waals surface area contributed by atoms with Gasteiger partial charge < -0.3 is 10.1 Å². The molecule has 7 nitrogen and oxygen atoms in total. The normalized spacial score (nSPS) is 16.7. The van der Waals surface area contributed by atoms with Gasteiger partial charge in [-0.05, 0) is 83.3 Å². The van der Waals surface area contributed by atoms with E-state index in [9.17, 15) is 26.4 Å². The van der Waals surface area contributed by atoms with Crippen LogP contribution in [-0.2, 0) is 21.4 Å². The van der Waals surface area contributed by atoms with Crippen LogP contribution in [0.1, 0.15) is 42.9 Å². The summed E-state index contributed by atoms with van der Waals surface area (Å²) in [5, 5.41) is 2.91. The first-order valence-electron chi connectivity index (χ1n) is 12.2. The molecule has 3 aromatic carbocycles. The van der Waals surface area contributed by atoms with E-state index in [1.807, 2.05) is 24.3 Å². The lowest BCUT2D eigenvalue weighted by molar-refractivity contribution is -0.115. The van der Waals surface area contributed by atoms with Crippen LogP contribution >= 0.6 is 11.8 Å². The highest BCUT2D eigenvalue weighted by atomic mass is 32.2. The number of alkyl halides is 3. The monoisotopic (exact) mass is 589 g/mol. The average molecular weight is 590 g/mol. The summed E-state index contributed by atoms with van der Waals surface area (Å²) < 4.78 is 67.4. The van der Waals surface area contributed by atoms with E-state index in [-0.39, 0.29) is 16.8 Å². The smallest absolute Gasteiger partial charge is 0.489 e. The predicted molar refractivity (Wildman–Crippen MR) is 152 cm³/mol. The summed E-state index contributed by atoms with van der Waals surface area (Å²) >= 11 is 1.10. The lowest BCUT2D eigenvalue weighted by Crippen LogP contribution is -2.29. The minimum Gasteiger partial charge on any atom is -0.489 e. The number of nitrogens with zero attached hydrogens (tertiary/aromatic N) is 1. The number of amides is 1. The molecule has 40 heavy (non-hydrogen) atoms. The van der Waals surface area contributed by atoms with Gasteiger partial charge in [-0.3, -0.25) is 9.52 Å². The first-order valence-corrected chi connectivity index (χ1v) is 14.5. The van der Waals surface area contributed by atoms with Gasteiger partial charge in [-0.25, -0.2) is 4.99 Å². The molecule has 1 atom stereocenters. The van der Waals surface area contributed by atoms with Crippen LogP contribution in [0.2, 0.25) is 0 Å². The van der Waals surface area contributed by atoms with Crippen LogP contribution in [0, 0.1) is 0 Å². The number of benzene rings is 3. The Morgan fingerprint density at radius 1 is 1.02 bits per heavy atom. The number of ether oxygens (including phenoxy) is 1. The van der Waals surface area contributed by atoms with Crippen molar-refractivity contribution in [3.05, 3.63) is 94.4 Å². The Bertz CT molecular complexity index is 1520. The van der Waals surface area contributed by atoms with E-state index in [4.69, 9.17) is 4.74 Å². The highest BCUT2D eigenvalue weighted by molar-refractivity contribution is 8.18. The van der Waals surface area contributed by atoms with E-state index < -0.39 is 15.5 Å². The van der Waals surface area contributed by atoms with Crippen LogP contribution < -0.4 is 14.8 Å². The van der Waals surface area contributed by atoms with Crippen molar-refractivity contribution >= 4 is 50.3 Å².